The van der Waals surface area contributed by atoms with Crippen molar-refractivity contribution in [2.75, 3.05) is 21.3 Å². The molecule has 0 atom stereocenters. The molecule has 0 unspecified atom stereocenters. The molecule has 0 aliphatic heterocycles. The van der Waals surface area contributed by atoms with Crippen LogP contribution < -0.4 is 19.6 Å². The van der Waals surface area contributed by atoms with Crippen molar-refractivity contribution in [1.29, 1.82) is 0 Å². The van der Waals surface area contributed by atoms with Gasteiger partial charge in [0.15, 0.2) is 5.75 Å². The molecule has 0 spiro atoms. The monoisotopic (exact) mass is 379 g/mol. The summed E-state index contributed by atoms with van der Waals surface area (Å²) in [5.74, 6) is 1.12. The molecule has 0 radical (unpaired) electrons. The molecular weight excluding hydrogens is 365 g/mol. The van der Waals surface area contributed by atoms with Crippen LogP contribution in [0.25, 0.3) is 22.2 Å². The third-order valence-corrected chi connectivity index (χ3v) is 4.60. The summed E-state index contributed by atoms with van der Waals surface area (Å²) < 4.78 is 16.0. The van der Waals surface area contributed by atoms with E-state index in [4.69, 9.17) is 37.4 Å². The minimum atomic E-state index is -0.295. The second-order valence-corrected chi connectivity index (χ2v) is 6.06. The zero-order chi connectivity index (χ0) is 18.1. The van der Waals surface area contributed by atoms with Crippen molar-refractivity contribution in [3.8, 4) is 28.5 Å². The molecule has 25 heavy (non-hydrogen) atoms. The second-order valence-electron chi connectivity index (χ2n) is 5.24. The lowest BCUT2D eigenvalue weighted by molar-refractivity contribution is 0.396. The Morgan fingerprint density at radius 3 is 2.28 bits per heavy atom. The molecule has 0 bridgehead atoms. The van der Waals surface area contributed by atoms with E-state index >= 15 is 0 Å². The van der Waals surface area contributed by atoms with Crippen molar-refractivity contribution in [3.05, 3.63) is 50.6 Å². The minimum Gasteiger partial charge on any atom is -0.497 e. The Balaban J connectivity index is 2.39. The molecule has 5 nitrogen and oxygen atoms in total. The van der Waals surface area contributed by atoms with Gasteiger partial charge < -0.3 is 19.2 Å². The summed E-state index contributed by atoms with van der Waals surface area (Å²) in [6, 6.07) is 8.45. The Labute approximate surface area is 154 Å². The molecule has 0 aliphatic rings. The number of hydrogen-bond donors (Lipinski definition) is 1. The van der Waals surface area contributed by atoms with E-state index in [1.54, 1.807) is 37.4 Å². The number of fused-ring (bicyclic) bond motifs is 1. The van der Waals surface area contributed by atoms with Crippen LogP contribution in [0.15, 0.2) is 35.1 Å². The lowest BCUT2D eigenvalue weighted by Gasteiger charge is -2.14. The lowest BCUT2D eigenvalue weighted by atomic mass is 10.1. The highest BCUT2D eigenvalue weighted by Crippen LogP contribution is 2.35. The molecule has 0 fully saturated rings. The molecule has 1 heterocycles. The van der Waals surface area contributed by atoms with Gasteiger partial charge in [-0.05, 0) is 12.1 Å². The molecule has 1 N–H and O–H groups in total. The molecule has 0 amide bonds. The Hall–Kier alpha value is -2.37. The predicted molar refractivity (Wildman–Crippen MR) is 99.7 cm³/mol. The van der Waals surface area contributed by atoms with Gasteiger partial charge in [0.05, 0.1) is 48.0 Å². The van der Waals surface area contributed by atoms with E-state index < -0.39 is 0 Å². The van der Waals surface area contributed by atoms with Gasteiger partial charge in [-0.1, -0.05) is 29.3 Å². The summed E-state index contributed by atoms with van der Waals surface area (Å²) in [6.07, 6.45) is 0. The van der Waals surface area contributed by atoms with Crippen molar-refractivity contribution >= 4 is 34.1 Å². The highest BCUT2D eigenvalue weighted by molar-refractivity contribution is 6.42. The fraction of sp³-hybridized carbons (Fsp3) is 0.167. The zero-order valence-electron chi connectivity index (χ0n) is 13.8. The number of methoxy groups -OCH3 is 3. The molecule has 7 heteroatoms. The molecule has 3 aromatic rings. The van der Waals surface area contributed by atoms with E-state index in [9.17, 15) is 4.79 Å². The van der Waals surface area contributed by atoms with Crippen LogP contribution in [0.1, 0.15) is 0 Å². The first-order valence-corrected chi connectivity index (χ1v) is 8.07. The van der Waals surface area contributed by atoms with Gasteiger partial charge >= 0.3 is 0 Å². The number of ether oxygens (including phenoxy) is 3. The molecule has 0 saturated carbocycles. The largest absolute Gasteiger partial charge is 0.497 e. The maximum absolute atomic E-state index is 13.0. The summed E-state index contributed by atoms with van der Waals surface area (Å²) in [6.45, 7) is 0. The van der Waals surface area contributed by atoms with Crippen molar-refractivity contribution < 1.29 is 14.2 Å². The van der Waals surface area contributed by atoms with E-state index in [0.29, 0.717) is 43.7 Å². The second kappa shape index (κ2) is 6.86. The number of pyridine rings is 1. The Bertz CT molecular complexity index is 1010. The van der Waals surface area contributed by atoms with Crippen LogP contribution in [0.3, 0.4) is 0 Å². The number of hydrogen-bond acceptors (Lipinski definition) is 4. The number of halogens is 2. The van der Waals surface area contributed by atoms with Crippen LogP contribution in [0.2, 0.25) is 10.0 Å². The molecular formula is C18H15Cl2NO4. The van der Waals surface area contributed by atoms with E-state index in [-0.39, 0.29) is 11.2 Å². The standard InChI is InChI=1S/C18H15Cl2NO4/c1-23-10-7-13-15(14(8-10)24-2)17(22)18(25-3)16(21-13)9-4-5-11(19)12(20)6-9/h4-8H,1-3H3,(H,21,22). The lowest BCUT2D eigenvalue weighted by Crippen LogP contribution is -2.11. The average molecular weight is 380 g/mol. The van der Waals surface area contributed by atoms with Crippen LogP contribution >= 0.6 is 23.2 Å². The first-order valence-electron chi connectivity index (χ1n) is 7.31. The average Bonchev–Trinajstić information content (AvgIpc) is 2.62. The Morgan fingerprint density at radius 2 is 1.68 bits per heavy atom. The Morgan fingerprint density at radius 1 is 0.920 bits per heavy atom. The molecule has 0 saturated heterocycles. The molecule has 130 valence electrons. The van der Waals surface area contributed by atoms with Gasteiger partial charge in [-0.3, -0.25) is 4.79 Å². The number of benzene rings is 2. The fourth-order valence-corrected chi connectivity index (χ4v) is 2.97. The van der Waals surface area contributed by atoms with Gasteiger partial charge in [0.1, 0.15) is 11.5 Å². The van der Waals surface area contributed by atoms with Crippen molar-refractivity contribution in [3.63, 3.8) is 0 Å². The maximum Gasteiger partial charge on any atom is 0.235 e. The van der Waals surface area contributed by atoms with E-state index in [1.807, 2.05) is 0 Å². The summed E-state index contributed by atoms with van der Waals surface area (Å²) in [5.41, 5.74) is 1.43. The first kappa shape index (κ1) is 17.5. The molecule has 0 aliphatic carbocycles. The van der Waals surface area contributed by atoms with E-state index in [2.05, 4.69) is 4.98 Å². The number of aromatic amines is 1. The molecule has 2 aromatic carbocycles. The van der Waals surface area contributed by atoms with Crippen LogP contribution in [-0.2, 0) is 0 Å². The smallest absolute Gasteiger partial charge is 0.235 e. The van der Waals surface area contributed by atoms with Crippen molar-refractivity contribution in [2.45, 2.75) is 0 Å². The predicted octanol–water partition coefficient (Wildman–Crippen LogP) is 4.53. The number of aromatic nitrogens is 1. The van der Waals surface area contributed by atoms with Crippen molar-refractivity contribution in [1.82, 2.24) is 4.98 Å². The SMILES string of the molecule is COc1cc(OC)c2c(=O)c(OC)c(-c3ccc(Cl)c(Cl)c3)[nH]c2c1. The summed E-state index contributed by atoms with van der Waals surface area (Å²) in [4.78, 5) is 16.2. The number of H-pyrrole nitrogens is 1. The quantitative estimate of drug-likeness (QED) is 0.723. The van der Waals surface area contributed by atoms with Gasteiger partial charge in [0.25, 0.3) is 0 Å². The molecule has 3 rings (SSSR count). The summed E-state index contributed by atoms with van der Waals surface area (Å²) >= 11 is 12.1. The number of nitrogens with one attached hydrogen (secondary N) is 1. The van der Waals surface area contributed by atoms with Gasteiger partial charge in [0.2, 0.25) is 5.43 Å². The van der Waals surface area contributed by atoms with Gasteiger partial charge in [-0.25, -0.2) is 0 Å². The van der Waals surface area contributed by atoms with Crippen LogP contribution in [-0.4, -0.2) is 26.3 Å². The van der Waals surface area contributed by atoms with Gasteiger partial charge in [-0.15, -0.1) is 0 Å². The van der Waals surface area contributed by atoms with Crippen LogP contribution in [0, 0.1) is 0 Å². The molecule has 1 aromatic heterocycles. The highest BCUT2D eigenvalue weighted by Gasteiger charge is 2.19. The van der Waals surface area contributed by atoms with E-state index in [0.717, 1.165) is 0 Å². The minimum absolute atomic E-state index is 0.161. The summed E-state index contributed by atoms with van der Waals surface area (Å²) in [5, 5.41) is 1.19. The zero-order valence-corrected chi connectivity index (χ0v) is 15.3. The topological polar surface area (TPSA) is 60.6 Å². The maximum atomic E-state index is 13.0. The van der Waals surface area contributed by atoms with Crippen LogP contribution in [0.5, 0.6) is 17.2 Å². The van der Waals surface area contributed by atoms with Gasteiger partial charge in [0, 0.05) is 17.7 Å². The third kappa shape index (κ3) is 3.01. The normalized spacial score (nSPS) is 10.8. The highest BCUT2D eigenvalue weighted by atomic mass is 35.5. The first-order chi connectivity index (χ1) is 12.0. The third-order valence-electron chi connectivity index (χ3n) is 3.86. The number of rotatable bonds is 4. The summed E-state index contributed by atoms with van der Waals surface area (Å²) in [7, 11) is 4.47. The fourth-order valence-electron chi connectivity index (χ4n) is 2.67. The van der Waals surface area contributed by atoms with Gasteiger partial charge in [-0.2, -0.15) is 0 Å². The van der Waals surface area contributed by atoms with Crippen LogP contribution in [0.4, 0.5) is 0 Å². The Kier molecular flexibility index (Phi) is 4.79. The van der Waals surface area contributed by atoms with E-state index in [1.165, 1.54) is 14.2 Å². The van der Waals surface area contributed by atoms with Crippen molar-refractivity contribution in [2.24, 2.45) is 0 Å².